The summed E-state index contributed by atoms with van der Waals surface area (Å²) in [6, 6.07) is 8.63. The van der Waals surface area contributed by atoms with E-state index in [1.165, 1.54) is 16.9 Å². The molecule has 0 fully saturated rings. The molecule has 2 rings (SSSR count). The second kappa shape index (κ2) is 5.90. The van der Waals surface area contributed by atoms with Gasteiger partial charge in [-0.1, -0.05) is 0 Å². The summed E-state index contributed by atoms with van der Waals surface area (Å²) < 4.78 is 11.9. The van der Waals surface area contributed by atoms with Crippen molar-refractivity contribution in [1.29, 1.82) is 0 Å². The zero-order chi connectivity index (χ0) is 13.7. The maximum atomic E-state index is 10.9. The van der Waals surface area contributed by atoms with Crippen molar-refractivity contribution in [1.82, 2.24) is 9.78 Å². The first kappa shape index (κ1) is 12.9. The number of carboxylic acids is 1. The van der Waals surface area contributed by atoms with E-state index in [0.29, 0.717) is 18.9 Å². The third kappa shape index (κ3) is 3.25. The molecule has 1 aromatic heterocycles. The van der Waals surface area contributed by atoms with E-state index < -0.39 is 5.97 Å². The van der Waals surface area contributed by atoms with Gasteiger partial charge in [0.1, 0.15) is 23.8 Å². The molecule has 19 heavy (non-hydrogen) atoms. The topological polar surface area (TPSA) is 73.6 Å². The lowest BCUT2D eigenvalue weighted by atomic mass is 10.3. The Morgan fingerprint density at radius 1 is 1.26 bits per heavy atom. The number of carbonyl (C=O) groups is 1. The van der Waals surface area contributed by atoms with E-state index in [4.69, 9.17) is 14.6 Å². The zero-order valence-electron chi connectivity index (χ0n) is 10.4. The van der Waals surface area contributed by atoms with Crippen LogP contribution < -0.4 is 9.47 Å². The second-order valence-corrected chi connectivity index (χ2v) is 3.77. The monoisotopic (exact) mass is 262 g/mol. The highest BCUT2D eigenvalue weighted by molar-refractivity contribution is 5.85. The summed E-state index contributed by atoms with van der Waals surface area (Å²) in [6.45, 7) is 0.717. The second-order valence-electron chi connectivity index (χ2n) is 3.77. The van der Waals surface area contributed by atoms with E-state index in [1.54, 1.807) is 31.4 Å². The molecule has 0 radical (unpaired) electrons. The van der Waals surface area contributed by atoms with Gasteiger partial charge < -0.3 is 14.6 Å². The Kier molecular flexibility index (Phi) is 4.02. The largest absolute Gasteiger partial charge is 0.497 e. The average Bonchev–Trinajstić information content (AvgIpc) is 2.88. The summed E-state index contributed by atoms with van der Waals surface area (Å²) in [4.78, 5) is 10.9. The van der Waals surface area contributed by atoms with Crippen molar-refractivity contribution < 1.29 is 19.4 Å². The number of aromatic carboxylic acids is 1. The lowest BCUT2D eigenvalue weighted by Gasteiger charge is -2.08. The third-order valence-electron chi connectivity index (χ3n) is 2.57. The van der Waals surface area contributed by atoms with Gasteiger partial charge in [0.05, 0.1) is 13.7 Å². The highest BCUT2D eigenvalue weighted by Gasteiger charge is 2.09. The van der Waals surface area contributed by atoms with Crippen LogP contribution in [0.25, 0.3) is 0 Å². The molecule has 1 aromatic carbocycles. The van der Waals surface area contributed by atoms with Gasteiger partial charge in [-0.25, -0.2) is 4.79 Å². The van der Waals surface area contributed by atoms with Crippen molar-refractivity contribution in [2.45, 2.75) is 6.54 Å². The summed E-state index contributed by atoms with van der Waals surface area (Å²) in [7, 11) is 1.60. The Morgan fingerprint density at radius 2 is 1.95 bits per heavy atom. The van der Waals surface area contributed by atoms with E-state index in [9.17, 15) is 4.79 Å². The standard InChI is InChI=1S/C13H14N2O4/c1-18-10-2-4-11(5-3-10)19-9-8-15-12(13(16)17)6-7-14-15/h2-7H,8-9H2,1H3,(H,16,17). The molecule has 2 aromatic rings. The summed E-state index contributed by atoms with van der Waals surface area (Å²) >= 11 is 0. The lowest BCUT2D eigenvalue weighted by molar-refractivity contribution is 0.0682. The number of ether oxygens (including phenoxy) is 2. The summed E-state index contributed by atoms with van der Waals surface area (Å²) in [5, 5.41) is 12.8. The first-order valence-electron chi connectivity index (χ1n) is 5.72. The van der Waals surface area contributed by atoms with Crippen molar-refractivity contribution in [3.63, 3.8) is 0 Å². The van der Waals surface area contributed by atoms with Gasteiger partial charge in [-0.15, -0.1) is 0 Å². The zero-order valence-corrected chi connectivity index (χ0v) is 10.4. The van der Waals surface area contributed by atoms with E-state index in [-0.39, 0.29) is 5.69 Å². The van der Waals surface area contributed by atoms with Gasteiger partial charge in [0, 0.05) is 6.20 Å². The van der Waals surface area contributed by atoms with Crippen molar-refractivity contribution in [3.05, 3.63) is 42.2 Å². The van der Waals surface area contributed by atoms with Gasteiger partial charge in [-0.2, -0.15) is 5.10 Å². The molecular weight excluding hydrogens is 248 g/mol. The molecule has 1 heterocycles. The third-order valence-corrected chi connectivity index (χ3v) is 2.57. The first-order chi connectivity index (χ1) is 9.20. The van der Waals surface area contributed by atoms with Crippen molar-refractivity contribution in [3.8, 4) is 11.5 Å². The fraction of sp³-hybridized carbons (Fsp3) is 0.231. The van der Waals surface area contributed by atoms with Gasteiger partial charge in [-0.05, 0) is 30.3 Å². The number of methoxy groups -OCH3 is 1. The minimum Gasteiger partial charge on any atom is -0.497 e. The molecular formula is C13H14N2O4. The highest BCUT2D eigenvalue weighted by atomic mass is 16.5. The Bertz CT molecular complexity index is 548. The molecule has 0 aliphatic carbocycles. The van der Waals surface area contributed by atoms with Crippen LogP contribution in [0.1, 0.15) is 10.5 Å². The molecule has 0 amide bonds. The minimum absolute atomic E-state index is 0.151. The quantitative estimate of drug-likeness (QED) is 0.857. The Hall–Kier alpha value is -2.50. The predicted molar refractivity (Wildman–Crippen MR) is 67.7 cm³/mol. The molecule has 0 bridgehead atoms. The van der Waals surface area contributed by atoms with Crippen LogP contribution in [-0.4, -0.2) is 34.6 Å². The van der Waals surface area contributed by atoms with E-state index >= 15 is 0 Å². The summed E-state index contributed by atoms with van der Waals surface area (Å²) in [5.74, 6) is 0.458. The summed E-state index contributed by atoms with van der Waals surface area (Å²) in [6.07, 6.45) is 1.46. The van der Waals surface area contributed by atoms with Gasteiger partial charge in [-0.3, -0.25) is 4.68 Å². The number of aromatic nitrogens is 2. The molecule has 0 aliphatic heterocycles. The van der Waals surface area contributed by atoms with Crippen LogP contribution in [0, 0.1) is 0 Å². The Balaban J connectivity index is 1.89. The molecule has 0 unspecified atom stereocenters. The van der Waals surface area contributed by atoms with Crippen LogP contribution in [0.3, 0.4) is 0 Å². The van der Waals surface area contributed by atoms with Crippen molar-refractivity contribution >= 4 is 5.97 Å². The van der Waals surface area contributed by atoms with E-state index in [2.05, 4.69) is 5.10 Å². The minimum atomic E-state index is -0.998. The fourth-order valence-corrected chi connectivity index (χ4v) is 1.61. The normalized spacial score (nSPS) is 10.2. The number of hydrogen-bond donors (Lipinski definition) is 1. The number of carboxylic acid groups (broad SMARTS) is 1. The maximum absolute atomic E-state index is 10.9. The SMILES string of the molecule is COc1ccc(OCCn2nccc2C(=O)O)cc1. The number of rotatable bonds is 6. The molecule has 6 nitrogen and oxygen atoms in total. The van der Waals surface area contributed by atoms with Gasteiger partial charge in [0.15, 0.2) is 0 Å². The van der Waals surface area contributed by atoms with E-state index in [1.807, 2.05) is 0 Å². The Labute approximate surface area is 110 Å². The maximum Gasteiger partial charge on any atom is 0.354 e. The van der Waals surface area contributed by atoms with Crippen LogP contribution >= 0.6 is 0 Å². The number of nitrogens with zero attached hydrogens (tertiary/aromatic N) is 2. The molecule has 6 heteroatoms. The lowest BCUT2D eigenvalue weighted by Crippen LogP contribution is -2.14. The molecule has 100 valence electrons. The fourth-order valence-electron chi connectivity index (χ4n) is 1.61. The molecule has 0 atom stereocenters. The Morgan fingerprint density at radius 3 is 2.58 bits per heavy atom. The van der Waals surface area contributed by atoms with Gasteiger partial charge in [0.2, 0.25) is 0 Å². The smallest absolute Gasteiger partial charge is 0.354 e. The van der Waals surface area contributed by atoms with Crippen LogP contribution in [-0.2, 0) is 6.54 Å². The van der Waals surface area contributed by atoms with Crippen LogP contribution in [0.5, 0.6) is 11.5 Å². The molecule has 0 saturated carbocycles. The summed E-state index contributed by atoms with van der Waals surface area (Å²) in [5.41, 5.74) is 0.151. The molecule has 1 N–H and O–H groups in total. The molecule has 0 spiro atoms. The van der Waals surface area contributed by atoms with Crippen molar-refractivity contribution in [2.75, 3.05) is 13.7 Å². The molecule has 0 saturated heterocycles. The molecule has 0 aliphatic rings. The van der Waals surface area contributed by atoms with Gasteiger partial charge in [0.25, 0.3) is 0 Å². The van der Waals surface area contributed by atoms with Crippen molar-refractivity contribution in [2.24, 2.45) is 0 Å². The van der Waals surface area contributed by atoms with Crippen LogP contribution in [0.15, 0.2) is 36.5 Å². The predicted octanol–water partition coefficient (Wildman–Crippen LogP) is 1.67. The number of hydrogen-bond acceptors (Lipinski definition) is 4. The first-order valence-corrected chi connectivity index (χ1v) is 5.72. The highest BCUT2D eigenvalue weighted by Crippen LogP contribution is 2.16. The van der Waals surface area contributed by atoms with Gasteiger partial charge >= 0.3 is 5.97 Å². The van der Waals surface area contributed by atoms with Crippen LogP contribution in [0.2, 0.25) is 0 Å². The average molecular weight is 262 g/mol. The number of benzene rings is 1. The van der Waals surface area contributed by atoms with E-state index in [0.717, 1.165) is 5.75 Å². The van der Waals surface area contributed by atoms with Crippen LogP contribution in [0.4, 0.5) is 0 Å².